The maximum Gasteiger partial charge on any atom is 0.203 e. The van der Waals surface area contributed by atoms with Crippen LogP contribution >= 0.6 is 0 Å². The molecular weight excluding hydrogens is 398 g/mol. The summed E-state index contributed by atoms with van der Waals surface area (Å²) in [5.74, 6) is 1.37. The number of aromatic nitrogens is 2. The van der Waals surface area contributed by atoms with Crippen LogP contribution in [-0.4, -0.2) is 56.8 Å². The fourth-order valence-corrected chi connectivity index (χ4v) is 3.18. The molecule has 0 fully saturated rings. The third-order valence-corrected chi connectivity index (χ3v) is 4.67. The number of methoxy groups -OCH3 is 4. The molecule has 1 aromatic heterocycles. The van der Waals surface area contributed by atoms with Gasteiger partial charge in [-0.25, -0.2) is 4.68 Å². The molecule has 8 heteroatoms. The van der Waals surface area contributed by atoms with Crippen molar-refractivity contribution < 1.29 is 23.7 Å². The van der Waals surface area contributed by atoms with Crippen molar-refractivity contribution in [2.24, 2.45) is 4.99 Å². The molecule has 162 valence electrons. The number of benzene rings is 2. The Morgan fingerprint density at radius 1 is 1.06 bits per heavy atom. The van der Waals surface area contributed by atoms with Crippen molar-refractivity contribution >= 4 is 12.0 Å². The van der Waals surface area contributed by atoms with Crippen LogP contribution in [0, 0.1) is 0 Å². The first-order valence-corrected chi connectivity index (χ1v) is 9.56. The second kappa shape index (κ2) is 10.4. The summed E-state index contributed by atoms with van der Waals surface area (Å²) in [7, 11) is 6.14. The van der Waals surface area contributed by atoms with Crippen LogP contribution in [0.15, 0.2) is 59.9 Å². The molecule has 8 nitrogen and oxygen atoms in total. The number of hydrogen-bond donors (Lipinski definition) is 0. The van der Waals surface area contributed by atoms with Gasteiger partial charge in [-0.15, -0.1) is 0 Å². The molecule has 0 amide bonds. The van der Waals surface area contributed by atoms with Crippen LogP contribution in [0.5, 0.6) is 17.2 Å². The predicted octanol–water partition coefficient (Wildman–Crippen LogP) is 3.27. The second-order valence-electron chi connectivity index (χ2n) is 6.55. The van der Waals surface area contributed by atoms with Gasteiger partial charge in [0.25, 0.3) is 0 Å². The van der Waals surface area contributed by atoms with Crippen molar-refractivity contribution in [2.45, 2.75) is 6.10 Å². The van der Waals surface area contributed by atoms with Crippen molar-refractivity contribution in [2.75, 3.05) is 35.0 Å². The summed E-state index contributed by atoms with van der Waals surface area (Å²) in [6.07, 6.45) is 4.45. The van der Waals surface area contributed by atoms with E-state index < -0.39 is 6.10 Å². The van der Waals surface area contributed by atoms with Gasteiger partial charge in [-0.3, -0.25) is 9.79 Å². The van der Waals surface area contributed by atoms with E-state index in [1.807, 2.05) is 36.5 Å². The summed E-state index contributed by atoms with van der Waals surface area (Å²) in [4.78, 5) is 17.0. The Bertz CT molecular complexity index is 1000. The third-order valence-electron chi connectivity index (χ3n) is 4.67. The summed E-state index contributed by atoms with van der Waals surface area (Å²) >= 11 is 0. The number of aliphatic imine (C=N–C) groups is 1. The number of Topliss-reactive ketones (excluding diaryl/α,β-unsaturated/α-hetero) is 1. The van der Waals surface area contributed by atoms with Crippen molar-refractivity contribution in [3.05, 3.63) is 66.0 Å². The number of carbonyl (C=O) groups excluding carboxylic acids is 1. The fourth-order valence-electron chi connectivity index (χ4n) is 3.18. The molecule has 1 atom stereocenters. The lowest BCUT2D eigenvalue weighted by Gasteiger charge is -2.14. The molecule has 0 aliphatic heterocycles. The molecule has 0 bridgehead atoms. The van der Waals surface area contributed by atoms with Crippen LogP contribution in [-0.2, 0) is 9.53 Å². The highest BCUT2D eigenvalue weighted by Gasteiger charge is 2.19. The Hall–Kier alpha value is -3.65. The van der Waals surface area contributed by atoms with E-state index in [0.29, 0.717) is 17.2 Å². The van der Waals surface area contributed by atoms with Crippen molar-refractivity contribution in [1.82, 2.24) is 9.78 Å². The fraction of sp³-hybridized carbons (Fsp3) is 0.261. The molecule has 31 heavy (non-hydrogen) atoms. The molecular formula is C23H25N3O5. The SMILES string of the molecule is COc1cc(C=NCC(=O)C(OC)c2ccc(-n3cccn3)cc2)cc(OC)c1OC. The molecule has 0 aliphatic rings. The lowest BCUT2D eigenvalue weighted by Crippen LogP contribution is -2.17. The zero-order chi connectivity index (χ0) is 22.2. The second-order valence-corrected chi connectivity index (χ2v) is 6.55. The largest absolute Gasteiger partial charge is 0.493 e. The minimum absolute atomic E-state index is 0.0317. The Kier molecular flexibility index (Phi) is 7.40. The summed E-state index contributed by atoms with van der Waals surface area (Å²) in [6, 6.07) is 12.9. The molecule has 0 saturated heterocycles. The summed E-state index contributed by atoms with van der Waals surface area (Å²) in [5, 5.41) is 4.19. The average Bonchev–Trinajstić information content (AvgIpc) is 3.34. The van der Waals surface area contributed by atoms with E-state index in [-0.39, 0.29) is 12.3 Å². The molecule has 0 saturated carbocycles. The molecule has 0 aliphatic carbocycles. The van der Waals surface area contributed by atoms with Crippen molar-refractivity contribution in [3.8, 4) is 22.9 Å². The Labute approximate surface area is 181 Å². The average molecular weight is 423 g/mol. The number of ether oxygens (including phenoxy) is 4. The maximum absolute atomic E-state index is 12.7. The molecule has 2 aromatic carbocycles. The first kappa shape index (κ1) is 22.0. The molecule has 0 radical (unpaired) electrons. The maximum atomic E-state index is 12.7. The van der Waals surface area contributed by atoms with Gasteiger partial charge in [0, 0.05) is 25.7 Å². The van der Waals surface area contributed by atoms with Gasteiger partial charge in [0.2, 0.25) is 5.75 Å². The van der Waals surface area contributed by atoms with Gasteiger partial charge in [-0.05, 0) is 41.5 Å². The number of hydrogen-bond acceptors (Lipinski definition) is 7. The molecule has 0 N–H and O–H groups in total. The highest BCUT2D eigenvalue weighted by atomic mass is 16.5. The van der Waals surface area contributed by atoms with Crippen LogP contribution in [0.4, 0.5) is 0 Å². The third kappa shape index (κ3) is 5.10. The highest BCUT2D eigenvalue weighted by molar-refractivity contribution is 5.89. The topological polar surface area (TPSA) is 84.2 Å². The van der Waals surface area contributed by atoms with Crippen LogP contribution < -0.4 is 14.2 Å². The number of nitrogens with zero attached hydrogens (tertiary/aromatic N) is 3. The van der Waals surface area contributed by atoms with Gasteiger partial charge in [0.05, 0.1) is 27.0 Å². The summed E-state index contributed by atoms with van der Waals surface area (Å²) < 4.78 is 23.2. The van der Waals surface area contributed by atoms with Crippen molar-refractivity contribution in [3.63, 3.8) is 0 Å². The van der Waals surface area contributed by atoms with Crippen LogP contribution in [0.3, 0.4) is 0 Å². The minimum atomic E-state index is -0.705. The van der Waals surface area contributed by atoms with Crippen LogP contribution in [0.25, 0.3) is 5.69 Å². The van der Waals surface area contributed by atoms with E-state index in [4.69, 9.17) is 18.9 Å². The number of ketones is 1. The number of rotatable bonds is 10. The van der Waals surface area contributed by atoms with E-state index in [9.17, 15) is 4.79 Å². The molecule has 1 unspecified atom stereocenters. The van der Waals surface area contributed by atoms with Gasteiger partial charge < -0.3 is 18.9 Å². The Morgan fingerprint density at radius 2 is 1.74 bits per heavy atom. The van der Waals surface area contributed by atoms with E-state index in [2.05, 4.69) is 10.1 Å². The molecule has 3 aromatic rings. The first-order chi connectivity index (χ1) is 15.1. The Morgan fingerprint density at radius 3 is 2.26 bits per heavy atom. The Balaban J connectivity index is 1.71. The predicted molar refractivity (Wildman–Crippen MR) is 117 cm³/mol. The zero-order valence-electron chi connectivity index (χ0n) is 17.9. The quantitative estimate of drug-likeness (QED) is 0.466. The lowest BCUT2D eigenvalue weighted by molar-refractivity contribution is -0.127. The summed E-state index contributed by atoms with van der Waals surface area (Å²) in [5.41, 5.74) is 2.38. The van der Waals surface area contributed by atoms with E-state index >= 15 is 0 Å². The molecule has 0 spiro atoms. The van der Waals surface area contributed by atoms with E-state index in [1.54, 1.807) is 50.6 Å². The standard InChI is InChI=1S/C23H25N3O5/c1-28-20-12-16(13-21(29-2)23(20)31-4)14-24-15-19(27)22(30-3)17-6-8-18(9-7-17)26-11-5-10-25-26/h5-14,22H,15H2,1-4H3. The first-order valence-electron chi connectivity index (χ1n) is 9.56. The van der Waals surface area contributed by atoms with Crippen LogP contribution in [0.1, 0.15) is 17.2 Å². The van der Waals surface area contributed by atoms with Gasteiger partial charge >= 0.3 is 0 Å². The van der Waals surface area contributed by atoms with Gasteiger partial charge in [0.15, 0.2) is 17.3 Å². The van der Waals surface area contributed by atoms with Crippen LogP contribution in [0.2, 0.25) is 0 Å². The van der Waals surface area contributed by atoms with Gasteiger partial charge in [0.1, 0.15) is 12.6 Å². The van der Waals surface area contributed by atoms with E-state index in [0.717, 1.165) is 16.8 Å². The van der Waals surface area contributed by atoms with Crippen molar-refractivity contribution in [1.29, 1.82) is 0 Å². The zero-order valence-corrected chi connectivity index (χ0v) is 17.9. The minimum Gasteiger partial charge on any atom is -0.493 e. The monoisotopic (exact) mass is 423 g/mol. The van der Waals surface area contributed by atoms with Gasteiger partial charge in [-0.2, -0.15) is 5.10 Å². The molecule has 1 heterocycles. The van der Waals surface area contributed by atoms with Gasteiger partial charge in [-0.1, -0.05) is 12.1 Å². The lowest BCUT2D eigenvalue weighted by atomic mass is 10.0. The summed E-state index contributed by atoms with van der Waals surface area (Å²) in [6.45, 7) is -0.0317. The normalized spacial score (nSPS) is 12.0. The molecule has 3 rings (SSSR count). The van der Waals surface area contributed by atoms with E-state index in [1.165, 1.54) is 7.11 Å². The highest BCUT2D eigenvalue weighted by Crippen LogP contribution is 2.37. The smallest absolute Gasteiger partial charge is 0.203 e. The number of carbonyl (C=O) groups is 1.